The highest BCUT2D eigenvalue weighted by Crippen LogP contribution is 2.30. The standard InChI is InChI=1S/C22H30N2/c1-15-11-17(3)19(21(13-15)23(5)6)9-10-20-18(4)12-16(2)14-22(20)24(7)8/h9-14H,1-8H3. The normalized spacial score (nSPS) is 11.2. The minimum Gasteiger partial charge on any atom is -0.377 e. The van der Waals surface area contributed by atoms with Crippen LogP contribution in [0.2, 0.25) is 0 Å². The van der Waals surface area contributed by atoms with Crippen molar-refractivity contribution >= 4 is 23.5 Å². The summed E-state index contributed by atoms with van der Waals surface area (Å²) in [5.74, 6) is 0. The fraction of sp³-hybridized carbons (Fsp3) is 0.364. The van der Waals surface area contributed by atoms with E-state index in [0.29, 0.717) is 0 Å². The molecule has 0 spiro atoms. The zero-order valence-electron chi connectivity index (χ0n) is 16.4. The molecule has 2 aromatic carbocycles. The zero-order chi connectivity index (χ0) is 18.0. The molecule has 0 saturated heterocycles. The maximum Gasteiger partial charge on any atom is 0.0439 e. The van der Waals surface area contributed by atoms with Crippen LogP contribution >= 0.6 is 0 Å². The van der Waals surface area contributed by atoms with Crippen LogP contribution < -0.4 is 9.80 Å². The molecular weight excluding hydrogens is 292 g/mol. The fourth-order valence-corrected chi connectivity index (χ4v) is 3.25. The first-order valence-corrected chi connectivity index (χ1v) is 8.46. The second-order valence-electron chi connectivity index (χ2n) is 7.15. The number of rotatable bonds is 4. The van der Waals surface area contributed by atoms with Crippen molar-refractivity contribution in [2.24, 2.45) is 0 Å². The second-order valence-corrected chi connectivity index (χ2v) is 7.15. The molecule has 2 rings (SSSR count). The Kier molecular flexibility index (Phi) is 5.38. The minimum absolute atomic E-state index is 1.26. The van der Waals surface area contributed by atoms with Crippen molar-refractivity contribution in [2.45, 2.75) is 27.7 Å². The number of hydrogen-bond donors (Lipinski definition) is 0. The van der Waals surface area contributed by atoms with Gasteiger partial charge in [-0.25, -0.2) is 0 Å². The molecule has 0 unspecified atom stereocenters. The van der Waals surface area contributed by atoms with Crippen molar-refractivity contribution in [1.29, 1.82) is 0 Å². The minimum atomic E-state index is 1.26. The largest absolute Gasteiger partial charge is 0.377 e. The molecule has 24 heavy (non-hydrogen) atoms. The van der Waals surface area contributed by atoms with Crippen LogP contribution in [0.25, 0.3) is 12.2 Å². The van der Waals surface area contributed by atoms with E-state index in [4.69, 9.17) is 0 Å². The Balaban J connectivity index is 2.57. The third-order valence-corrected chi connectivity index (χ3v) is 4.40. The van der Waals surface area contributed by atoms with Crippen LogP contribution in [0.1, 0.15) is 33.4 Å². The molecule has 2 nitrogen and oxygen atoms in total. The molecule has 0 heterocycles. The number of hydrogen-bond acceptors (Lipinski definition) is 2. The molecule has 0 amide bonds. The Morgan fingerprint density at radius 2 is 0.917 bits per heavy atom. The predicted molar refractivity (Wildman–Crippen MR) is 109 cm³/mol. The summed E-state index contributed by atoms with van der Waals surface area (Å²) in [6.07, 6.45) is 4.52. The van der Waals surface area contributed by atoms with E-state index in [-0.39, 0.29) is 0 Å². The van der Waals surface area contributed by atoms with Gasteiger partial charge < -0.3 is 9.80 Å². The molecule has 0 bridgehead atoms. The average molecular weight is 322 g/mol. The molecule has 0 radical (unpaired) electrons. The second kappa shape index (κ2) is 7.12. The smallest absolute Gasteiger partial charge is 0.0439 e. The quantitative estimate of drug-likeness (QED) is 0.712. The number of anilines is 2. The predicted octanol–water partition coefficient (Wildman–Crippen LogP) is 5.22. The first-order chi connectivity index (χ1) is 11.2. The summed E-state index contributed by atoms with van der Waals surface area (Å²) in [6, 6.07) is 9.01. The van der Waals surface area contributed by atoms with E-state index < -0.39 is 0 Å². The molecule has 0 atom stereocenters. The van der Waals surface area contributed by atoms with Gasteiger partial charge in [0.05, 0.1) is 0 Å². The summed E-state index contributed by atoms with van der Waals surface area (Å²) < 4.78 is 0. The van der Waals surface area contributed by atoms with Crippen molar-refractivity contribution in [3.8, 4) is 0 Å². The highest BCUT2D eigenvalue weighted by molar-refractivity contribution is 5.84. The van der Waals surface area contributed by atoms with Crippen LogP contribution in [0.3, 0.4) is 0 Å². The molecule has 0 N–H and O–H groups in total. The summed E-state index contributed by atoms with van der Waals surface area (Å²) in [5.41, 5.74) is 10.3. The van der Waals surface area contributed by atoms with Gasteiger partial charge in [0.2, 0.25) is 0 Å². The third kappa shape index (κ3) is 3.81. The maximum absolute atomic E-state index is 2.26. The van der Waals surface area contributed by atoms with Gasteiger partial charge in [-0.15, -0.1) is 0 Å². The van der Waals surface area contributed by atoms with Crippen LogP contribution in [0.4, 0.5) is 11.4 Å². The summed E-state index contributed by atoms with van der Waals surface area (Å²) in [7, 11) is 8.42. The van der Waals surface area contributed by atoms with E-state index in [1.54, 1.807) is 0 Å². The van der Waals surface area contributed by atoms with Gasteiger partial charge in [0.1, 0.15) is 0 Å². The van der Waals surface area contributed by atoms with Crippen molar-refractivity contribution in [1.82, 2.24) is 0 Å². The number of nitrogens with zero attached hydrogens (tertiary/aromatic N) is 2. The third-order valence-electron chi connectivity index (χ3n) is 4.40. The van der Waals surface area contributed by atoms with Crippen LogP contribution in [0.15, 0.2) is 24.3 Å². The van der Waals surface area contributed by atoms with E-state index in [1.807, 2.05) is 0 Å². The van der Waals surface area contributed by atoms with E-state index in [0.717, 1.165) is 0 Å². The highest BCUT2D eigenvalue weighted by atomic mass is 15.1. The Bertz CT molecular complexity index is 703. The van der Waals surface area contributed by atoms with Crippen molar-refractivity contribution in [3.63, 3.8) is 0 Å². The van der Waals surface area contributed by atoms with E-state index >= 15 is 0 Å². The monoisotopic (exact) mass is 322 g/mol. The van der Waals surface area contributed by atoms with Crippen molar-refractivity contribution < 1.29 is 0 Å². The first kappa shape index (κ1) is 18.1. The van der Waals surface area contributed by atoms with Crippen molar-refractivity contribution in [2.75, 3.05) is 38.0 Å². The van der Waals surface area contributed by atoms with Gasteiger partial charge >= 0.3 is 0 Å². The lowest BCUT2D eigenvalue weighted by Gasteiger charge is -2.20. The Morgan fingerprint density at radius 1 is 0.583 bits per heavy atom. The molecular formula is C22H30N2. The molecule has 2 aromatic rings. The van der Waals surface area contributed by atoms with Crippen LogP contribution in [-0.4, -0.2) is 28.2 Å². The van der Waals surface area contributed by atoms with Gasteiger partial charge in [-0.1, -0.05) is 24.3 Å². The fourth-order valence-electron chi connectivity index (χ4n) is 3.25. The molecule has 128 valence electrons. The SMILES string of the molecule is Cc1cc(C)c(C=Cc2c(C)cc(C)cc2N(C)C)c(N(C)C)c1. The lowest BCUT2D eigenvalue weighted by Crippen LogP contribution is -2.12. The van der Waals surface area contributed by atoms with Gasteiger partial charge in [0, 0.05) is 50.7 Å². The van der Waals surface area contributed by atoms with Gasteiger partial charge in [0.15, 0.2) is 0 Å². The molecule has 0 aromatic heterocycles. The maximum atomic E-state index is 2.26. The van der Waals surface area contributed by atoms with Crippen LogP contribution in [0, 0.1) is 27.7 Å². The first-order valence-electron chi connectivity index (χ1n) is 8.46. The van der Waals surface area contributed by atoms with E-state index in [9.17, 15) is 0 Å². The van der Waals surface area contributed by atoms with Crippen LogP contribution in [-0.2, 0) is 0 Å². The summed E-state index contributed by atoms with van der Waals surface area (Å²) >= 11 is 0. The Labute approximate surface area is 147 Å². The molecule has 0 fully saturated rings. The van der Waals surface area contributed by atoms with E-state index in [1.165, 1.54) is 44.8 Å². The summed E-state index contributed by atoms with van der Waals surface area (Å²) in [5, 5.41) is 0. The Morgan fingerprint density at radius 3 is 1.21 bits per heavy atom. The van der Waals surface area contributed by atoms with Gasteiger partial charge in [-0.2, -0.15) is 0 Å². The van der Waals surface area contributed by atoms with Crippen LogP contribution in [0.5, 0.6) is 0 Å². The molecule has 0 aliphatic rings. The van der Waals surface area contributed by atoms with Gasteiger partial charge in [-0.3, -0.25) is 0 Å². The zero-order valence-corrected chi connectivity index (χ0v) is 16.4. The lowest BCUT2D eigenvalue weighted by molar-refractivity contribution is 1.11. The topological polar surface area (TPSA) is 6.48 Å². The molecule has 0 aliphatic carbocycles. The number of benzene rings is 2. The van der Waals surface area contributed by atoms with Crippen molar-refractivity contribution in [3.05, 3.63) is 57.6 Å². The summed E-state index contributed by atoms with van der Waals surface area (Å²) in [4.78, 5) is 4.38. The highest BCUT2D eigenvalue weighted by Gasteiger charge is 2.09. The lowest BCUT2D eigenvalue weighted by atomic mass is 9.98. The van der Waals surface area contributed by atoms with Gasteiger partial charge in [0.25, 0.3) is 0 Å². The molecule has 2 heteroatoms. The number of aryl methyl sites for hydroxylation is 4. The average Bonchev–Trinajstić information content (AvgIpc) is 2.46. The Hall–Kier alpha value is -2.22. The van der Waals surface area contributed by atoms with Gasteiger partial charge in [-0.05, 0) is 62.1 Å². The summed E-state index contributed by atoms with van der Waals surface area (Å²) in [6.45, 7) is 8.69. The molecule has 0 saturated carbocycles. The molecule has 0 aliphatic heterocycles. The van der Waals surface area contributed by atoms with E-state index in [2.05, 4.69) is 102 Å².